The molecule has 5 aromatic rings. The van der Waals surface area contributed by atoms with Gasteiger partial charge in [0.05, 0.1) is 28.3 Å². The van der Waals surface area contributed by atoms with Gasteiger partial charge in [-0.05, 0) is 64.0 Å². The van der Waals surface area contributed by atoms with Gasteiger partial charge in [0.1, 0.15) is 24.0 Å². The summed E-state index contributed by atoms with van der Waals surface area (Å²) in [5.74, 6) is 0.646. The summed E-state index contributed by atoms with van der Waals surface area (Å²) in [7, 11) is -4.16. The van der Waals surface area contributed by atoms with Crippen LogP contribution in [0.25, 0.3) is 22.3 Å². The van der Waals surface area contributed by atoms with E-state index in [1.807, 2.05) is 47.5 Å². The predicted molar refractivity (Wildman–Crippen MR) is 136 cm³/mol. The summed E-state index contributed by atoms with van der Waals surface area (Å²) >= 11 is 3.33. The third-order valence-electron chi connectivity index (χ3n) is 5.33. The maximum atomic E-state index is 11.3. The summed E-state index contributed by atoms with van der Waals surface area (Å²) in [5, 5.41) is 25.4. The number of anilines is 1. The Hall–Kier alpha value is -4.18. The van der Waals surface area contributed by atoms with Gasteiger partial charge in [0.15, 0.2) is 5.75 Å². The van der Waals surface area contributed by atoms with E-state index in [1.54, 1.807) is 35.5 Å². The van der Waals surface area contributed by atoms with Gasteiger partial charge in [-0.15, -0.1) is 10.2 Å². The average Bonchev–Trinajstić information content (AvgIpc) is 3.53. The fourth-order valence-electron chi connectivity index (χ4n) is 3.74. The first-order valence-electron chi connectivity index (χ1n) is 10.5. The molecule has 0 saturated heterocycles. The number of nitrogens with two attached hydrogens (primary N) is 1. The first kappa shape index (κ1) is 23.6. The van der Waals surface area contributed by atoms with Crippen molar-refractivity contribution in [1.29, 1.82) is 5.26 Å². The highest BCUT2D eigenvalue weighted by atomic mass is 79.9. The van der Waals surface area contributed by atoms with Crippen LogP contribution in [0.15, 0.2) is 88.3 Å². The molecule has 0 fully saturated rings. The fourth-order valence-corrected chi connectivity index (χ4v) is 4.75. The number of furan rings is 1. The predicted octanol–water partition coefficient (Wildman–Crippen LogP) is 4.38. The molecule has 10 nitrogen and oxygen atoms in total. The van der Waals surface area contributed by atoms with Crippen molar-refractivity contribution < 1.29 is 17.0 Å². The van der Waals surface area contributed by atoms with Gasteiger partial charge in [-0.2, -0.15) is 18.8 Å². The maximum Gasteiger partial charge on any atom is 0.380 e. The van der Waals surface area contributed by atoms with Crippen LogP contribution in [0.2, 0.25) is 0 Å². The van der Waals surface area contributed by atoms with Crippen molar-refractivity contribution in [3.05, 3.63) is 95.0 Å². The second kappa shape index (κ2) is 9.46. The van der Waals surface area contributed by atoms with Gasteiger partial charge in [0.2, 0.25) is 0 Å². The minimum absolute atomic E-state index is 0.0719. The van der Waals surface area contributed by atoms with E-state index in [9.17, 15) is 13.7 Å². The molecule has 0 unspecified atom stereocenters. The van der Waals surface area contributed by atoms with Gasteiger partial charge in [-0.25, -0.2) is 4.68 Å². The summed E-state index contributed by atoms with van der Waals surface area (Å²) in [6, 6.07) is 22.1. The number of para-hydroxylation sites is 1. The SMILES string of the molecule is N#Cc1ccc(N(Cc2ccc(OS(N)(=O)=O)c(Br)c2)n2cnnc2)cc1-c1cc2ccccc2o1. The van der Waals surface area contributed by atoms with E-state index >= 15 is 0 Å². The third-order valence-corrected chi connectivity index (χ3v) is 6.36. The number of nitrogens with zero attached hydrogens (tertiary/aromatic N) is 5. The van der Waals surface area contributed by atoms with Crippen LogP contribution in [-0.2, 0) is 16.8 Å². The number of benzene rings is 3. The summed E-state index contributed by atoms with van der Waals surface area (Å²) in [5.41, 5.74) is 3.39. The summed E-state index contributed by atoms with van der Waals surface area (Å²) in [6.45, 7) is 0.345. The smallest absolute Gasteiger partial charge is 0.380 e. The number of halogens is 1. The molecule has 0 bridgehead atoms. The standard InChI is InChI=1S/C24H17BrN6O4S/c25-21-9-16(5-8-23(21)35-36(27,32)33)13-31(30-14-28-29-15-30)19-7-6-18(12-26)20(11-19)24-10-17-3-1-2-4-22(17)34-24/h1-11,14-15H,13H2,(H2,27,32,33). The maximum absolute atomic E-state index is 11.3. The Kier molecular flexibility index (Phi) is 6.19. The van der Waals surface area contributed by atoms with Crippen molar-refractivity contribution >= 4 is 42.9 Å². The molecule has 2 N–H and O–H groups in total. The van der Waals surface area contributed by atoms with Crippen LogP contribution in [0.1, 0.15) is 11.1 Å². The molecule has 12 heteroatoms. The molecule has 180 valence electrons. The van der Waals surface area contributed by atoms with E-state index in [-0.39, 0.29) is 5.75 Å². The van der Waals surface area contributed by atoms with Gasteiger partial charge in [-0.1, -0.05) is 24.3 Å². The molecule has 0 atom stereocenters. The molecule has 0 amide bonds. The lowest BCUT2D eigenvalue weighted by molar-refractivity contribution is 0.486. The quantitative estimate of drug-likeness (QED) is 0.307. The van der Waals surface area contributed by atoms with E-state index in [0.29, 0.717) is 27.9 Å². The molecule has 0 saturated carbocycles. The van der Waals surface area contributed by atoms with Crippen LogP contribution in [0.5, 0.6) is 5.75 Å². The number of hydrogen-bond acceptors (Lipinski definition) is 8. The highest BCUT2D eigenvalue weighted by Gasteiger charge is 2.17. The Morgan fingerprint density at radius 3 is 2.56 bits per heavy atom. The molecule has 0 aliphatic rings. The van der Waals surface area contributed by atoms with E-state index in [4.69, 9.17) is 13.7 Å². The van der Waals surface area contributed by atoms with E-state index in [1.165, 1.54) is 6.07 Å². The van der Waals surface area contributed by atoms with Crippen LogP contribution in [0, 0.1) is 11.3 Å². The molecular weight excluding hydrogens is 548 g/mol. The minimum atomic E-state index is -4.16. The van der Waals surface area contributed by atoms with Crippen molar-refractivity contribution in [2.24, 2.45) is 5.14 Å². The Bertz CT molecular complexity index is 1680. The highest BCUT2D eigenvalue weighted by molar-refractivity contribution is 9.10. The minimum Gasteiger partial charge on any atom is -0.456 e. The van der Waals surface area contributed by atoms with Crippen LogP contribution >= 0.6 is 15.9 Å². The van der Waals surface area contributed by atoms with E-state index in [2.05, 4.69) is 32.2 Å². The van der Waals surface area contributed by atoms with E-state index in [0.717, 1.165) is 22.2 Å². The number of hydrogen-bond donors (Lipinski definition) is 1. The Balaban J connectivity index is 1.55. The zero-order valence-electron chi connectivity index (χ0n) is 18.4. The molecule has 2 heterocycles. The second-order valence-electron chi connectivity index (χ2n) is 7.73. The zero-order valence-corrected chi connectivity index (χ0v) is 20.8. The van der Waals surface area contributed by atoms with Crippen molar-refractivity contribution in [2.45, 2.75) is 6.54 Å². The van der Waals surface area contributed by atoms with Gasteiger partial charge in [-0.3, -0.25) is 5.01 Å². The molecule has 0 aliphatic heterocycles. The Morgan fingerprint density at radius 1 is 1.08 bits per heavy atom. The Labute approximate surface area is 214 Å². The van der Waals surface area contributed by atoms with Crippen LogP contribution in [0.4, 0.5) is 5.69 Å². The average molecular weight is 565 g/mol. The first-order chi connectivity index (χ1) is 17.3. The Morgan fingerprint density at radius 2 is 1.86 bits per heavy atom. The van der Waals surface area contributed by atoms with Gasteiger partial charge in [0.25, 0.3) is 0 Å². The molecule has 0 radical (unpaired) electrons. The molecule has 3 aromatic carbocycles. The largest absolute Gasteiger partial charge is 0.456 e. The lowest BCUT2D eigenvalue weighted by atomic mass is 10.0. The van der Waals surface area contributed by atoms with Crippen molar-refractivity contribution in [3.63, 3.8) is 0 Å². The van der Waals surface area contributed by atoms with Gasteiger partial charge < -0.3 is 8.60 Å². The number of fused-ring (bicyclic) bond motifs is 1. The summed E-state index contributed by atoms with van der Waals surface area (Å²) in [4.78, 5) is 0. The molecule has 0 aliphatic carbocycles. The number of rotatable bonds is 7. The first-order valence-corrected chi connectivity index (χ1v) is 12.7. The number of nitriles is 1. The molecule has 0 spiro atoms. The van der Waals surface area contributed by atoms with Crippen LogP contribution in [-0.4, -0.2) is 23.3 Å². The van der Waals surface area contributed by atoms with Crippen molar-refractivity contribution in [3.8, 4) is 23.1 Å². The highest BCUT2D eigenvalue weighted by Crippen LogP contribution is 2.34. The van der Waals surface area contributed by atoms with Gasteiger partial charge >= 0.3 is 10.3 Å². The van der Waals surface area contributed by atoms with Crippen molar-refractivity contribution in [2.75, 3.05) is 5.01 Å². The van der Waals surface area contributed by atoms with Crippen LogP contribution in [0.3, 0.4) is 0 Å². The van der Waals surface area contributed by atoms with E-state index < -0.39 is 10.3 Å². The number of aromatic nitrogens is 3. The van der Waals surface area contributed by atoms with Gasteiger partial charge in [0, 0.05) is 10.9 Å². The second-order valence-corrected chi connectivity index (χ2v) is 9.74. The van der Waals surface area contributed by atoms with Crippen molar-refractivity contribution in [1.82, 2.24) is 14.9 Å². The fraction of sp³-hybridized carbons (Fsp3) is 0.0417. The molecule has 36 heavy (non-hydrogen) atoms. The lowest BCUT2D eigenvalue weighted by Gasteiger charge is -2.26. The normalized spacial score (nSPS) is 11.4. The molecule has 5 rings (SSSR count). The lowest BCUT2D eigenvalue weighted by Crippen LogP contribution is -2.28. The zero-order chi connectivity index (χ0) is 25.3. The molecule has 2 aromatic heterocycles. The summed E-state index contributed by atoms with van der Waals surface area (Å²) < 4.78 is 35.5. The molecular formula is C24H17BrN6O4S. The summed E-state index contributed by atoms with van der Waals surface area (Å²) in [6.07, 6.45) is 3.10. The topological polar surface area (TPSA) is 140 Å². The third kappa shape index (κ3) is 4.94. The monoisotopic (exact) mass is 564 g/mol. The van der Waals surface area contributed by atoms with Crippen LogP contribution < -0.4 is 14.3 Å².